The van der Waals surface area contributed by atoms with Crippen molar-refractivity contribution in [2.24, 2.45) is 0 Å². The molecule has 0 aliphatic heterocycles. The first-order chi connectivity index (χ1) is 7.41. The standard InChI is InChI=1S/C14H21NO/c1-9(2)15-8-14(16)13-7-11(4)10(3)6-12(13)5/h6-7,9,15H,8H2,1-5H3. The summed E-state index contributed by atoms with van der Waals surface area (Å²) in [7, 11) is 0. The van der Waals surface area contributed by atoms with E-state index >= 15 is 0 Å². The van der Waals surface area contributed by atoms with E-state index in [4.69, 9.17) is 0 Å². The first kappa shape index (κ1) is 12.9. The van der Waals surface area contributed by atoms with Crippen molar-refractivity contribution in [1.82, 2.24) is 5.32 Å². The summed E-state index contributed by atoms with van der Waals surface area (Å²) in [6, 6.07) is 4.42. The van der Waals surface area contributed by atoms with Crippen LogP contribution in [-0.4, -0.2) is 18.4 Å². The summed E-state index contributed by atoms with van der Waals surface area (Å²) in [5, 5.41) is 3.16. The zero-order valence-electron chi connectivity index (χ0n) is 10.8. The van der Waals surface area contributed by atoms with E-state index in [1.165, 1.54) is 11.1 Å². The van der Waals surface area contributed by atoms with Gasteiger partial charge in [0.25, 0.3) is 0 Å². The lowest BCUT2D eigenvalue weighted by Gasteiger charge is -2.11. The summed E-state index contributed by atoms with van der Waals surface area (Å²) >= 11 is 0. The molecular formula is C14H21NO. The number of benzene rings is 1. The Hall–Kier alpha value is -1.15. The topological polar surface area (TPSA) is 29.1 Å². The molecule has 0 saturated carbocycles. The predicted molar refractivity (Wildman–Crippen MR) is 68.1 cm³/mol. The maximum Gasteiger partial charge on any atom is 0.176 e. The van der Waals surface area contributed by atoms with Gasteiger partial charge >= 0.3 is 0 Å². The van der Waals surface area contributed by atoms with Gasteiger partial charge in [0.1, 0.15) is 0 Å². The van der Waals surface area contributed by atoms with Crippen LogP contribution in [0.15, 0.2) is 12.1 Å². The molecule has 0 bridgehead atoms. The van der Waals surface area contributed by atoms with Gasteiger partial charge in [-0.15, -0.1) is 0 Å². The molecule has 1 aromatic rings. The third-order valence-electron chi connectivity index (χ3n) is 2.81. The smallest absolute Gasteiger partial charge is 0.176 e. The van der Waals surface area contributed by atoms with Crippen molar-refractivity contribution in [2.75, 3.05) is 6.54 Å². The summed E-state index contributed by atoms with van der Waals surface area (Å²) in [5.74, 6) is 0.175. The van der Waals surface area contributed by atoms with E-state index in [9.17, 15) is 4.79 Å². The summed E-state index contributed by atoms with van der Waals surface area (Å²) < 4.78 is 0. The van der Waals surface area contributed by atoms with Gasteiger partial charge in [0.05, 0.1) is 6.54 Å². The number of ketones is 1. The van der Waals surface area contributed by atoms with Gasteiger partial charge in [-0.3, -0.25) is 4.79 Å². The van der Waals surface area contributed by atoms with Crippen molar-refractivity contribution in [2.45, 2.75) is 40.7 Å². The predicted octanol–water partition coefficient (Wildman–Crippen LogP) is 2.79. The zero-order chi connectivity index (χ0) is 12.3. The Bertz CT molecular complexity index is 394. The second-order valence-corrected chi connectivity index (χ2v) is 4.71. The Morgan fingerprint density at radius 1 is 1.12 bits per heavy atom. The van der Waals surface area contributed by atoms with Crippen molar-refractivity contribution in [1.29, 1.82) is 0 Å². The van der Waals surface area contributed by atoms with Gasteiger partial charge in [-0.2, -0.15) is 0 Å². The zero-order valence-corrected chi connectivity index (χ0v) is 10.8. The van der Waals surface area contributed by atoms with Crippen LogP contribution in [0.4, 0.5) is 0 Å². The first-order valence-electron chi connectivity index (χ1n) is 5.76. The largest absolute Gasteiger partial charge is 0.307 e. The Kier molecular flexibility index (Phi) is 4.25. The van der Waals surface area contributed by atoms with E-state index in [1.807, 2.05) is 33.8 Å². The number of hydrogen-bond donors (Lipinski definition) is 1. The second kappa shape index (κ2) is 5.26. The van der Waals surface area contributed by atoms with Crippen molar-refractivity contribution in [3.8, 4) is 0 Å². The van der Waals surface area contributed by atoms with Crippen molar-refractivity contribution >= 4 is 5.78 Å². The Morgan fingerprint density at radius 3 is 2.25 bits per heavy atom. The molecule has 1 rings (SSSR count). The third kappa shape index (κ3) is 3.17. The van der Waals surface area contributed by atoms with E-state index < -0.39 is 0 Å². The molecule has 0 aromatic heterocycles. The lowest BCUT2D eigenvalue weighted by atomic mass is 9.98. The van der Waals surface area contributed by atoms with E-state index in [2.05, 4.69) is 18.3 Å². The van der Waals surface area contributed by atoms with Gasteiger partial charge in [0.2, 0.25) is 0 Å². The number of Topliss-reactive ketones (excluding diaryl/α,β-unsaturated/α-hetero) is 1. The summed E-state index contributed by atoms with van der Waals surface area (Å²) in [6.45, 7) is 10.6. The quantitative estimate of drug-likeness (QED) is 0.789. The highest BCUT2D eigenvalue weighted by Gasteiger charge is 2.10. The minimum absolute atomic E-state index is 0.175. The Morgan fingerprint density at radius 2 is 1.69 bits per heavy atom. The molecule has 1 aromatic carbocycles. The van der Waals surface area contributed by atoms with E-state index in [1.54, 1.807) is 0 Å². The van der Waals surface area contributed by atoms with Crippen LogP contribution in [0.25, 0.3) is 0 Å². The highest BCUT2D eigenvalue weighted by atomic mass is 16.1. The summed E-state index contributed by atoms with van der Waals surface area (Å²) in [5.41, 5.74) is 4.33. The van der Waals surface area contributed by atoms with Gasteiger partial charge in [-0.25, -0.2) is 0 Å². The third-order valence-corrected chi connectivity index (χ3v) is 2.81. The van der Waals surface area contributed by atoms with Gasteiger partial charge in [-0.1, -0.05) is 19.9 Å². The normalized spacial score (nSPS) is 10.9. The van der Waals surface area contributed by atoms with Crippen molar-refractivity contribution in [3.63, 3.8) is 0 Å². The lowest BCUT2D eigenvalue weighted by molar-refractivity contribution is 0.0988. The monoisotopic (exact) mass is 219 g/mol. The fraction of sp³-hybridized carbons (Fsp3) is 0.500. The lowest BCUT2D eigenvalue weighted by Crippen LogP contribution is -2.29. The van der Waals surface area contributed by atoms with Crippen LogP contribution in [0.2, 0.25) is 0 Å². The van der Waals surface area contributed by atoms with Crippen LogP contribution in [0, 0.1) is 20.8 Å². The SMILES string of the molecule is Cc1cc(C)c(C(=O)CNC(C)C)cc1C. The highest BCUT2D eigenvalue weighted by molar-refractivity contribution is 5.99. The second-order valence-electron chi connectivity index (χ2n) is 4.71. The van der Waals surface area contributed by atoms with Crippen LogP contribution < -0.4 is 5.32 Å². The molecule has 0 saturated heterocycles. The molecule has 2 nitrogen and oxygen atoms in total. The Labute approximate surface area is 98.1 Å². The van der Waals surface area contributed by atoms with Crippen LogP contribution in [0.5, 0.6) is 0 Å². The number of rotatable bonds is 4. The maximum absolute atomic E-state index is 12.0. The number of carbonyl (C=O) groups excluding carboxylic acids is 1. The molecule has 0 aliphatic rings. The number of hydrogen-bond acceptors (Lipinski definition) is 2. The fourth-order valence-electron chi connectivity index (χ4n) is 1.65. The van der Waals surface area contributed by atoms with E-state index in [0.717, 1.165) is 11.1 Å². The van der Waals surface area contributed by atoms with Crippen LogP contribution in [0.3, 0.4) is 0 Å². The molecule has 16 heavy (non-hydrogen) atoms. The average Bonchev–Trinajstić information content (AvgIpc) is 2.20. The minimum Gasteiger partial charge on any atom is -0.307 e. The first-order valence-corrected chi connectivity index (χ1v) is 5.76. The molecule has 0 radical (unpaired) electrons. The van der Waals surface area contributed by atoms with E-state index in [-0.39, 0.29) is 5.78 Å². The number of nitrogens with one attached hydrogen (secondary N) is 1. The van der Waals surface area contributed by atoms with Crippen molar-refractivity contribution in [3.05, 3.63) is 34.4 Å². The summed E-state index contributed by atoms with van der Waals surface area (Å²) in [6.07, 6.45) is 0. The molecule has 88 valence electrons. The maximum atomic E-state index is 12.0. The molecule has 0 heterocycles. The molecule has 0 spiro atoms. The number of carbonyl (C=O) groups is 1. The molecule has 0 amide bonds. The molecule has 2 heteroatoms. The van der Waals surface area contributed by atoms with E-state index in [0.29, 0.717) is 12.6 Å². The summed E-state index contributed by atoms with van der Waals surface area (Å²) in [4.78, 5) is 12.0. The molecule has 0 aliphatic carbocycles. The fourth-order valence-corrected chi connectivity index (χ4v) is 1.65. The molecule has 0 atom stereocenters. The molecule has 0 unspecified atom stereocenters. The molecule has 0 fully saturated rings. The minimum atomic E-state index is 0.175. The van der Waals surface area contributed by atoms with Crippen LogP contribution >= 0.6 is 0 Å². The van der Waals surface area contributed by atoms with Gasteiger partial charge in [-0.05, 0) is 43.5 Å². The van der Waals surface area contributed by atoms with Crippen LogP contribution in [-0.2, 0) is 0 Å². The molecular weight excluding hydrogens is 198 g/mol. The molecule has 1 N–H and O–H groups in total. The average molecular weight is 219 g/mol. The van der Waals surface area contributed by atoms with Crippen molar-refractivity contribution < 1.29 is 4.79 Å². The van der Waals surface area contributed by atoms with Gasteiger partial charge < -0.3 is 5.32 Å². The Balaban J connectivity index is 2.87. The van der Waals surface area contributed by atoms with Crippen LogP contribution in [0.1, 0.15) is 40.9 Å². The van der Waals surface area contributed by atoms with Gasteiger partial charge in [0.15, 0.2) is 5.78 Å². The highest BCUT2D eigenvalue weighted by Crippen LogP contribution is 2.15. The number of aryl methyl sites for hydroxylation is 3. The van der Waals surface area contributed by atoms with Gasteiger partial charge in [0, 0.05) is 11.6 Å².